The topological polar surface area (TPSA) is 182 Å². The van der Waals surface area contributed by atoms with Crippen LogP contribution in [0.5, 0.6) is 11.5 Å². The number of carbonyl (C=O) groups is 4. The average Bonchev–Trinajstić information content (AvgIpc) is 4.17. The second kappa shape index (κ2) is 20.2. The van der Waals surface area contributed by atoms with Crippen molar-refractivity contribution in [3.05, 3.63) is 79.9 Å². The molecule has 0 radical (unpaired) electrons. The number of nitrogens with one attached hydrogen (secondary N) is 3. The molecule has 5 atom stereocenters. The number of fused-ring (bicyclic) bond motifs is 1. The molecule has 358 valence electrons. The molecule has 3 N–H and O–H groups in total. The molecule has 0 unspecified atom stereocenters. The van der Waals surface area contributed by atoms with Crippen LogP contribution in [-0.4, -0.2) is 89.8 Å². The van der Waals surface area contributed by atoms with Crippen LogP contribution in [0.2, 0.25) is 0 Å². The molecule has 3 fully saturated rings. The molecule has 15 heteroatoms. The number of nitrogens with zero attached hydrogens (tertiary/aromatic N) is 2. The van der Waals surface area contributed by atoms with Crippen molar-refractivity contribution in [2.45, 2.75) is 153 Å². The van der Waals surface area contributed by atoms with Gasteiger partial charge < -0.3 is 29.7 Å². The average molecular weight is 928 g/mol. The highest BCUT2D eigenvalue weighted by atomic mass is 32.2. The lowest BCUT2D eigenvalue weighted by atomic mass is 9.85. The van der Waals surface area contributed by atoms with E-state index in [1.54, 1.807) is 60.8 Å². The van der Waals surface area contributed by atoms with E-state index in [1.165, 1.54) is 11.0 Å². The molecular weight excluding hydrogens is 859 g/mol. The number of aromatic nitrogens is 1. The molecule has 0 bridgehead atoms. The quantitative estimate of drug-likeness (QED) is 0.0692. The van der Waals surface area contributed by atoms with Gasteiger partial charge in [0.1, 0.15) is 40.8 Å². The smallest absolute Gasteiger partial charge is 0.408 e. The summed E-state index contributed by atoms with van der Waals surface area (Å²) in [6.45, 7) is 18.1. The van der Waals surface area contributed by atoms with Crippen molar-refractivity contribution in [1.29, 1.82) is 0 Å². The van der Waals surface area contributed by atoms with Crippen LogP contribution in [0, 0.1) is 11.3 Å². The lowest BCUT2D eigenvalue weighted by Crippen LogP contribution is -2.60. The molecule has 2 saturated carbocycles. The van der Waals surface area contributed by atoms with E-state index < -0.39 is 79.2 Å². The number of pyridine rings is 1. The number of allylic oxidation sites excluding steroid dienone is 1. The molecule has 3 aromatic rings. The summed E-state index contributed by atoms with van der Waals surface area (Å²) in [7, 11) is -2.52. The molecule has 1 saturated heterocycles. The number of alkyl carbamates (subject to hydrolysis) is 1. The van der Waals surface area contributed by atoms with Crippen molar-refractivity contribution in [2.75, 3.05) is 13.7 Å². The Morgan fingerprint density at radius 2 is 1.62 bits per heavy atom. The molecule has 2 aliphatic carbocycles. The SMILES string of the molecule is C=CCCCCCCCCC1(S(=O)(=O)NC(=O)[C@]2(NC(=O)[C@@H]3C[C@@H](Oc4cc(-c5ccccc5)nc5cc(OC)ccc45)CN3C(=O)[C@@H](NC(=O)OC(C)(C)C)C(C)(C)C)C[C@@H]2C=C)CC1. The van der Waals surface area contributed by atoms with Gasteiger partial charge in [0.2, 0.25) is 21.8 Å². The molecule has 4 amide bonds. The molecule has 3 aliphatic rings. The van der Waals surface area contributed by atoms with Crippen molar-refractivity contribution in [3.63, 3.8) is 0 Å². The molecule has 2 aromatic carbocycles. The van der Waals surface area contributed by atoms with Gasteiger partial charge in [-0.3, -0.25) is 19.1 Å². The summed E-state index contributed by atoms with van der Waals surface area (Å²) >= 11 is 0. The van der Waals surface area contributed by atoms with Crippen LogP contribution >= 0.6 is 0 Å². The Balaban J connectivity index is 1.26. The fourth-order valence-electron chi connectivity index (χ4n) is 8.85. The molecule has 1 aliphatic heterocycles. The van der Waals surface area contributed by atoms with E-state index in [1.807, 2.05) is 48.5 Å². The number of amides is 4. The molecule has 6 rings (SSSR count). The first kappa shape index (κ1) is 50.0. The first-order chi connectivity index (χ1) is 31.2. The van der Waals surface area contributed by atoms with Gasteiger partial charge in [0.05, 0.1) is 29.6 Å². The summed E-state index contributed by atoms with van der Waals surface area (Å²) in [6.07, 6.45) is 10.3. The highest BCUT2D eigenvalue weighted by Crippen LogP contribution is 2.49. The van der Waals surface area contributed by atoms with Crippen molar-refractivity contribution in [2.24, 2.45) is 11.3 Å². The van der Waals surface area contributed by atoms with Crippen LogP contribution in [0.15, 0.2) is 79.9 Å². The van der Waals surface area contributed by atoms with Crippen molar-refractivity contribution >= 4 is 44.7 Å². The van der Waals surface area contributed by atoms with Gasteiger partial charge in [0.15, 0.2) is 0 Å². The van der Waals surface area contributed by atoms with Gasteiger partial charge in [-0.05, 0) is 76.8 Å². The monoisotopic (exact) mass is 927 g/mol. The van der Waals surface area contributed by atoms with E-state index >= 15 is 0 Å². The summed E-state index contributed by atoms with van der Waals surface area (Å²) in [6, 6.07) is 14.5. The van der Waals surface area contributed by atoms with Crippen LogP contribution in [-0.2, 0) is 29.1 Å². The normalized spacial score (nSPS) is 21.6. The Bertz CT molecular complexity index is 2390. The van der Waals surface area contributed by atoms with E-state index in [0.717, 1.165) is 50.5 Å². The Morgan fingerprint density at radius 1 is 0.939 bits per heavy atom. The number of likely N-dealkylation sites (tertiary alicyclic amines) is 1. The van der Waals surface area contributed by atoms with E-state index in [9.17, 15) is 27.6 Å². The maximum Gasteiger partial charge on any atom is 0.408 e. The van der Waals surface area contributed by atoms with Gasteiger partial charge in [0.25, 0.3) is 5.91 Å². The molecule has 2 heterocycles. The van der Waals surface area contributed by atoms with E-state index in [0.29, 0.717) is 47.4 Å². The Labute approximate surface area is 390 Å². The van der Waals surface area contributed by atoms with E-state index in [-0.39, 0.29) is 19.4 Å². The second-order valence-electron chi connectivity index (χ2n) is 20.3. The number of rotatable bonds is 21. The number of benzene rings is 2. The number of hydrogen-bond acceptors (Lipinski definition) is 10. The van der Waals surface area contributed by atoms with Crippen molar-refractivity contribution in [1.82, 2.24) is 25.2 Å². The lowest BCUT2D eigenvalue weighted by Gasteiger charge is -2.36. The maximum atomic E-state index is 14.9. The van der Waals surface area contributed by atoms with Gasteiger partial charge in [-0.2, -0.15) is 0 Å². The first-order valence-electron chi connectivity index (χ1n) is 23.3. The molecule has 1 aromatic heterocycles. The number of sulfonamides is 1. The van der Waals surface area contributed by atoms with Crippen LogP contribution in [0.3, 0.4) is 0 Å². The Morgan fingerprint density at radius 3 is 2.23 bits per heavy atom. The highest BCUT2D eigenvalue weighted by molar-refractivity contribution is 7.91. The zero-order valence-corrected chi connectivity index (χ0v) is 40.6. The third kappa shape index (κ3) is 11.7. The minimum atomic E-state index is -4.09. The zero-order chi connectivity index (χ0) is 48.1. The minimum absolute atomic E-state index is 0.00758. The third-order valence-corrected chi connectivity index (χ3v) is 15.1. The summed E-state index contributed by atoms with van der Waals surface area (Å²) in [5.41, 5.74) is -1.21. The Hall–Kier alpha value is -5.44. The number of carbonyl (C=O) groups excluding carboxylic acids is 4. The first-order valence-corrected chi connectivity index (χ1v) is 24.8. The number of methoxy groups -OCH3 is 1. The fourth-order valence-corrected chi connectivity index (χ4v) is 10.5. The van der Waals surface area contributed by atoms with E-state index in [2.05, 4.69) is 28.5 Å². The van der Waals surface area contributed by atoms with Crippen LogP contribution in [0.4, 0.5) is 4.79 Å². The highest BCUT2D eigenvalue weighted by Gasteiger charge is 2.63. The van der Waals surface area contributed by atoms with Crippen LogP contribution in [0.25, 0.3) is 22.2 Å². The molecule has 14 nitrogen and oxygen atoms in total. The van der Waals surface area contributed by atoms with Gasteiger partial charge in [-0.15, -0.1) is 13.2 Å². The van der Waals surface area contributed by atoms with Gasteiger partial charge in [-0.25, -0.2) is 18.2 Å². The molecule has 0 spiro atoms. The summed E-state index contributed by atoms with van der Waals surface area (Å²) in [4.78, 5) is 63.4. The summed E-state index contributed by atoms with van der Waals surface area (Å²) in [5, 5.41) is 6.33. The van der Waals surface area contributed by atoms with E-state index in [4.69, 9.17) is 19.2 Å². The third-order valence-electron chi connectivity index (χ3n) is 12.9. The molecular formula is C51H69N5O9S. The zero-order valence-electron chi connectivity index (χ0n) is 39.7. The number of hydrogen-bond donors (Lipinski definition) is 3. The predicted molar refractivity (Wildman–Crippen MR) is 256 cm³/mol. The van der Waals surface area contributed by atoms with Crippen molar-refractivity contribution < 1.29 is 41.8 Å². The largest absolute Gasteiger partial charge is 0.497 e. The number of unbranched alkanes of at least 4 members (excludes halogenated alkanes) is 6. The fraction of sp³-hybridized carbons (Fsp3) is 0.549. The predicted octanol–water partition coefficient (Wildman–Crippen LogP) is 8.54. The molecule has 66 heavy (non-hydrogen) atoms. The standard InChI is InChI=1S/C51H69N5O9S/c1-10-12-13-14-15-16-17-21-26-50(27-28-50)66(61,62)55-46(59)51(32-35(51)11-2)54-44(57)41-30-37(33-56(41)45(58)43(48(3,4)5)53-47(60)65-49(6,7)8)64-42-31-39(34-22-19-18-20-23-34)52-40-29-36(63-9)24-25-38(40)42/h10-11,18-20,22-25,29,31,35,37,41,43H,1-2,12-17,21,26-28,30,32-33H2,3-9H3,(H,53,60)(H,54,57)(H,55,59)/t35-,37+,41-,43+,51-/m0/s1. The second-order valence-corrected chi connectivity index (χ2v) is 22.3. The van der Waals surface area contributed by atoms with Gasteiger partial charge in [0, 0.05) is 35.4 Å². The van der Waals surface area contributed by atoms with Crippen molar-refractivity contribution in [3.8, 4) is 22.8 Å². The number of ether oxygens (including phenoxy) is 3. The summed E-state index contributed by atoms with van der Waals surface area (Å²) < 4.78 is 47.0. The minimum Gasteiger partial charge on any atom is -0.497 e. The van der Waals surface area contributed by atoms with Crippen LogP contribution < -0.4 is 24.8 Å². The van der Waals surface area contributed by atoms with Gasteiger partial charge in [-0.1, -0.05) is 95.4 Å². The summed E-state index contributed by atoms with van der Waals surface area (Å²) in [5.74, 6) is -1.55. The maximum absolute atomic E-state index is 14.9. The lowest BCUT2D eigenvalue weighted by molar-refractivity contribution is -0.143. The Kier molecular flexibility index (Phi) is 15.3. The van der Waals surface area contributed by atoms with Crippen LogP contribution in [0.1, 0.15) is 119 Å². The van der Waals surface area contributed by atoms with Gasteiger partial charge >= 0.3 is 6.09 Å².